The zero-order valence-corrected chi connectivity index (χ0v) is 17.2. The van der Waals surface area contributed by atoms with Gasteiger partial charge in [-0.15, -0.1) is 11.8 Å². The van der Waals surface area contributed by atoms with Crippen LogP contribution in [0.5, 0.6) is 0 Å². The van der Waals surface area contributed by atoms with Gasteiger partial charge in [0.05, 0.1) is 0 Å². The molecule has 0 saturated carbocycles. The Labute approximate surface area is 178 Å². The lowest BCUT2D eigenvalue weighted by molar-refractivity contribution is -0.177. The summed E-state index contributed by atoms with van der Waals surface area (Å²) in [6.07, 6.45) is -1.45. The summed E-state index contributed by atoms with van der Waals surface area (Å²) in [4.78, 5) is 38.7. The van der Waals surface area contributed by atoms with Crippen molar-refractivity contribution >= 4 is 29.6 Å². The van der Waals surface area contributed by atoms with Crippen LogP contribution in [0.2, 0.25) is 0 Å². The number of thioether (sulfide) groups is 1. The molecule has 2 aliphatic heterocycles. The Morgan fingerprint density at radius 3 is 2.17 bits per heavy atom. The van der Waals surface area contributed by atoms with E-state index in [-0.39, 0.29) is 11.3 Å². The minimum absolute atomic E-state index is 0.325. The van der Waals surface area contributed by atoms with Gasteiger partial charge < -0.3 is 20.1 Å². The Hall–Kier alpha value is -2.84. The fourth-order valence-electron chi connectivity index (χ4n) is 3.80. The summed E-state index contributed by atoms with van der Waals surface area (Å²) >= 11 is 1.40. The molecular weight excluding hydrogens is 404 g/mol. The van der Waals surface area contributed by atoms with E-state index in [0.717, 1.165) is 11.1 Å². The standard InChI is InChI=1S/C22H22N2O5S/c1-13(25)28-16-12-30-21-17(23)20(26)24(21)18(16)22(27)29-19(14-8-4-2-5-9-14)15-10-6-3-7-11-15/h2-11,16-19,21H,12,23H2,1H3/t16?,17-,18?,21-/m1/s1. The number of fused-ring (bicyclic) bond motifs is 1. The molecule has 0 aromatic heterocycles. The highest BCUT2D eigenvalue weighted by atomic mass is 32.2. The maximum atomic E-state index is 13.3. The van der Waals surface area contributed by atoms with E-state index in [4.69, 9.17) is 15.2 Å². The van der Waals surface area contributed by atoms with Crippen LogP contribution in [0.3, 0.4) is 0 Å². The molecule has 0 aliphatic carbocycles. The number of rotatable bonds is 5. The number of hydrogen-bond donors (Lipinski definition) is 1. The van der Waals surface area contributed by atoms with Crippen molar-refractivity contribution < 1.29 is 23.9 Å². The number of amides is 1. The lowest BCUT2D eigenvalue weighted by Crippen LogP contribution is -2.75. The molecule has 0 bridgehead atoms. The van der Waals surface area contributed by atoms with Crippen molar-refractivity contribution in [2.75, 3.05) is 5.75 Å². The van der Waals surface area contributed by atoms with Crippen LogP contribution in [-0.4, -0.2) is 52.1 Å². The van der Waals surface area contributed by atoms with Gasteiger partial charge in [-0.3, -0.25) is 9.59 Å². The summed E-state index contributed by atoms with van der Waals surface area (Å²) in [6, 6.07) is 17.0. The molecule has 0 spiro atoms. The molecule has 2 fully saturated rings. The fourth-order valence-corrected chi connectivity index (χ4v) is 5.16. The first-order valence-electron chi connectivity index (χ1n) is 9.64. The van der Waals surface area contributed by atoms with Gasteiger partial charge >= 0.3 is 11.9 Å². The number of benzene rings is 2. The molecule has 7 nitrogen and oxygen atoms in total. The van der Waals surface area contributed by atoms with Crippen molar-refractivity contribution in [3.05, 3.63) is 71.8 Å². The van der Waals surface area contributed by atoms with Crippen LogP contribution >= 0.6 is 11.8 Å². The highest BCUT2D eigenvalue weighted by molar-refractivity contribution is 8.00. The predicted molar refractivity (Wildman–Crippen MR) is 111 cm³/mol. The molecule has 4 atom stereocenters. The highest BCUT2D eigenvalue weighted by Crippen LogP contribution is 2.39. The lowest BCUT2D eigenvalue weighted by Gasteiger charge is -2.52. The van der Waals surface area contributed by atoms with Gasteiger partial charge in [-0.1, -0.05) is 60.7 Å². The fraction of sp³-hybridized carbons (Fsp3) is 0.318. The van der Waals surface area contributed by atoms with Crippen molar-refractivity contribution in [2.45, 2.75) is 36.6 Å². The van der Waals surface area contributed by atoms with Crippen molar-refractivity contribution in [1.29, 1.82) is 0 Å². The second kappa shape index (κ2) is 8.49. The maximum Gasteiger partial charge on any atom is 0.333 e. The van der Waals surface area contributed by atoms with Gasteiger partial charge in [0.15, 0.2) is 12.1 Å². The van der Waals surface area contributed by atoms with Gasteiger partial charge in [-0.05, 0) is 11.1 Å². The molecule has 156 valence electrons. The molecule has 2 aromatic rings. The Morgan fingerprint density at radius 2 is 1.63 bits per heavy atom. The number of esters is 2. The smallest absolute Gasteiger partial charge is 0.333 e. The van der Waals surface area contributed by atoms with Gasteiger partial charge in [0.2, 0.25) is 5.91 Å². The molecule has 0 radical (unpaired) electrons. The van der Waals surface area contributed by atoms with E-state index in [0.29, 0.717) is 5.75 Å². The molecule has 30 heavy (non-hydrogen) atoms. The van der Waals surface area contributed by atoms with E-state index in [9.17, 15) is 14.4 Å². The Morgan fingerprint density at radius 1 is 1.07 bits per heavy atom. The Bertz CT molecular complexity index is 900. The van der Waals surface area contributed by atoms with Crippen LogP contribution in [0.1, 0.15) is 24.2 Å². The van der Waals surface area contributed by atoms with E-state index >= 15 is 0 Å². The SMILES string of the molecule is CC(=O)OC1CS[C@@H]2[C@H](N)C(=O)N2C1C(=O)OC(c1ccccc1)c1ccccc1. The Kier molecular flexibility index (Phi) is 5.78. The summed E-state index contributed by atoms with van der Waals surface area (Å²) in [6.45, 7) is 1.28. The Balaban J connectivity index is 1.64. The van der Waals surface area contributed by atoms with E-state index in [1.165, 1.54) is 23.6 Å². The summed E-state index contributed by atoms with van der Waals surface area (Å²) in [5.74, 6) is -1.12. The topological polar surface area (TPSA) is 98.9 Å². The van der Waals surface area contributed by atoms with Crippen molar-refractivity contribution in [2.24, 2.45) is 5.73 Å². The van der Waals surface area contributed by atoms with E-state index in [1.807, 2.05) is 60.7 Å². The van der Waals surface area contributed by atoms with Gasteiger partial charge in [0.1, 0.15) is 17.5 Å². The van der Waals surface area contributed by atoms with Crippen LogP contribution in [-0.2, 0) is 23.9 Å². The second-order valence-corrected chi connectivity index (χ2v) is 8.38. The molecule has 2 aromatic carbocycles. The molecule has 2 heterocycles. The number of ether oxygens (including phenoxy) is 2. The number of nitrogens with zero attached hydrogens (tertiary/aromatic N) is 1. The summed E-state index contributed by atoms with van der Waals surface area (Å²) in [5.41, 5.74) is 7.50. The third-order valence-electron chi connectivity index (χ3n) is 5.20. The number of carbonyl (C=O) groups excluding carboxylic acids is 3. The number of carbonyl (C=O) groups is 3. The van der Waals surface area contributed by atoms with Crippen LogP contribution in [0.15, 0.2) is 60.7 Å². The van der Waals surface area contributed by atoms with E-state index in [1.54, 1.807) is 0 Å². The summed E-state index contributed by atoms with van der Waals surface area (Å²) in [5, 5.41) is -0.325. The summed E-state index contributed by atoms with van der Waals surface area (Å²) < 4.78 is 11.3. The van der Waals surface area contributed by atoms with Crippen molar-refractivity contribution in [3.8, 4) is 0 Å². The van der Waals surface area contributed by atoms with Crippen LogP contribution in [0, 0.1) is 0 Å². The average molecular weight is 426 g/mol. The minimum atomic E-state index is -1.03. The van der Waals surface area contributed by atoms with Gasteiger partial charge in [-0.25, -0.2) is 4.79 Å². The normalized spacial score (nSPS) is 25.3. The third kappa shape index (κ3) is 3.80. The average Bonchev–Trinajstić information content (AvgIpc) is 2.77. The first kappa shape index (κ1) is 20.4. The molecule has 2 N–H and O–H groups in total. The number of nitrogens with two attached hydrogens (primary N) is 1. The zero-order chi connectivity index (χ0) is 21.3. The monoisotopic (exact) mass is 426 g/mol. The van der Waals surface area contributed by atoms with Gasteiger partial charge in [0, 0.05) is 12.7 Å². The molecule has 1 amide bonds. The largest absolute Gasteiger partial charge is 0.459 e. The molecule has 2 unspecified atom stereocenters. The quantitative estimate of drug-likeness (QED) is 0.575. The molecular formula is C22H22N2O5S. The second-order valence-electron chi connectivity index (χ2n) is 7.23. The van der Waals surface area contributed by atoms with Crippen LogP contribution in [0.25, 0.3) is 0 Å². The van der Waals surface area contributed by atoms with Crippen LogP contribution < -0.4 is 5.73 Å². The zero-order valence-electron chi connectivity index (χ0n) is 16.3. The third-order valence-corrected chi connectivity index (χ3v) is 6.58. The number of β-lactam (4-membered cyclic amide) rings is 1. The van der Waals surface area contributed by atoms with Crippen molar-refractivity contribution in [3.63, 3.8) is 0 Å². The molecule has 4 rings (SSSR count). The summed E-state index contributed by atoms with van der Waals surface area (Å²) in [7, 11) is 0. The van der Waals surface area contributed by atoms with E-state index < -0.39 is 36.2 Å². The molecule has 8 heteroatoms. The first-order chi connectivity index (χ1) is 14.5. The van der Waals surface area contributed by atoms with Crippen molar-refractivity contribution in [1.82, 2.24) is 4.90 Å². The van der Waals surface area contributed by atoms with Gasteiger partial charge in [0.25, 0.3) is 0 Å². The maximum absolute atomic E-state index is 13.3. The number of hydrogen-bond acceptors (Lipinski definition) is 7. The first-order valence-corrected chi connectivity index (χ1v) is 10.7. The molecule has 2 saturated heterocycles. The van der Waals surface area contributed by atoms with E-state index in [2.05, 4.69) is 0 Å². The lowest BCUT2D eigenvalue weighted by atomic mass is 9.99. The molecule has 2 aliphatic rings. The van der Waals surface area contributed by atoms with Gasteiger partial charge in [-0.2, -0.15) is 0 Å². The predicted octanol–water partition coefficient (Wildman–Crippen LogP) is 1.86. The minimum Gasteiger partial charge on any atom is -0.459 e. The van der Waals surface area contributed by atoms with Crippen LogP contribution in [0.4, 0.5) is 0 Å². The highest BCUT2D eigenvalue weighted by Gasteiger charge is 2.57.